The van der Waals surface area contributed by atoms with Gasteiger partial charge in [-0.15, -0.1) is 0 Å². The Hall–Kier alpha value is -1.71. The summed E-state index contributed by atoms with van der Waals surface area (Å²) in [5.41, 5.74) is 1.61. The third kappa shape index (κ3) is 3.19. The Labute approximate surface area is 120 Å². The number of halogens is 2. The van der Waals surface area contributed by atoms with E-state index in [4.69, 9.17) is 23.2 Å². The molecule has 0 bridgehead atoms. The maximum absolute atomic E-state index is 12.0. The Morgan fingerprint density at radius 2 is 1.89 bits per heavy atom. The van der Waals surface area contributed by atoms with Crippen molar-refractivity contribution < 1.29 is 9.90 Å². The summed E-state index contributed by atoms with van der Waals surface area (Å²) in [6, 6.07) is 9.33. The van der Waals surface area contributed by atoms with Crippen molar-refractivity contribution >= 4 is 34.8 Å². The fourth-order valence-electron chi connectivity index (χ4n) is 1.58. The predicted molar refractivity (Wildman–Crippen MR) is 77.3 cm³/mol. The Morgan fingerprint density at radius 3 is 2.58 bits per heavy atom. The highest BCUT2D eigenvalue weighted by Crippen LogP contribution is 2.29. The van der Waals surface area contributed by atoms with Gasteiger partial charge in [-0.3, -0.25) is 4.79 Å². The van der Waals surface area contributed by atoms with Crippen molar-refractivity contribution in [1.29, 1.82) is 0 Å². The first-order valence-corrected chi connectivity index (χ1v) is 6.29. The van der Waals surface area contributed by atoms with Gasteiger partial charge >= 0.3 is 0 Å². The highest BCUT2D eigenvalue weighted by Gasteiger charge is 2.10. The minimum Gasteiger partial charge on any atom is -0.508 e. The zero-order valence-electron chi connectivity index (χ0n) is 10.1. The van der Waals surface area contributed by atoms with Crippen LogP contribution in [0.1, 0.15) is 15.9 Å². The number of aryl methyl sites for hydroxylation is 1. The number of carbonyl (C=O) groups is 1. The van der Waals surface area contributed by atoms with Crippen molar-refractivity contribution in [3.8, 4) is 5.75 Å². The third-order valence-corrected chi connectivity index (χ3v) is 3.32. The molecule has 0 fully saturated rings. The molecule has 0 aromatic heterocycles. The maximum Gasteiger partial charge on any atom is 0.255 e. The van der Waals surface area contributed by atoms with E-state index < -0.39 is 0 Å². The molecule has 0 saturated heterocycles. The second kappa shape index (κ2) is 5.51. The van der Waals surface area contributed by atoms with Gasteiger partial charge in [0.15, 0.2) is 0 Å². The monoisotopic (exact) mass is 295 g/mol. The van der Waals surface area contributed by atoms with Gasteiger partial charge in [-0.2, -0.15) is 0 Å². The van der Waals surface area contributed by atoms with Crippen LogP contribution in [0, 0.1) is 6.92 Å². The van der Waals surface area contributed by atoms with E-state index in [-0.39, 0.29) is 11.7 Å². The molecular weight excluding hydrogens is 285 g/mol. The van der Waals surface area contributed by atoms with Crippen molar-refractivity contribution in [2.24, 2.45) is 0 Å². The summed E-state index contributed by atoms with van der Waals surface area (Å²) in [5.74, 6) is -0.335. The van der Waals surface area contributed by atoms with Gasteiger partial charge in [0, 0.05) is 10.6 Å². The van der Waals surface area contributed by atoms with Crippen molar-refractivity contribution in [3.05, 3.63) is 57.6 Å². The molecule has 3 nitrogen and oxygen atoms in total. The number of rotatable bonds is 2. The maximum atomic E-state index is 12.0. The number of carbonyl (C=O) groups excluding carboxylic acids is 1. The predicted octanol–water partition coefficient (Wildman–Crippen LogP) is 4.26. The lowest BCUT2D eigenvalue weighted by molar-refractivity contribution is 0.102. The largest absolute Gasteiger partial charge is 0.508 e. The standard InChI is InChI=1S/C14H11Cl2NO2/c1-8-5-12(16)13(7-11(8)15)17-14(19)9-3-2-4-10(18)6-9/h2-7,18H,1H3,(H,17,19). The summed E-state index contributed by atoms with van der Waals surface area (Å²) in [6.45, 7) is 1.83. The smallest absolute Gasteiger partial charge is 0.255 e. The lowest BCUT2D eigenvalue weighted by Gasteiger charge is -2.09. The SMILES string of the molecule is Cc1cc(Cl)c(NC(=O)c2cccc(O)c2)cc1Cl. The highest BCUT2D eigenvalue weighted by atomic mass is 35.5. The number of phenolic OH excluding ortho intramolecular Hbond substituents is 1. The number of anilines is 1. The summed E-state index contributed by atoms with van der Waals surface area (Å²) < 4.78 is 0. The molecule has 19 heavy (non-hydrogen) atoms. The summed E-state index contributed by atoms with van der Waals surface area (Å²) in [4.78, 5) is 12.0. The molecule has 1 amide bonds. The molecule has 98 valence electrons. The molecule has 2 rings (SSSR count). The van der Waals surface area contributed by atoms with Crippen LogP contribution in [0.25, 0.3) is 0 Å². The minimum absolute atomic E-state index is 0.0284. The fraction of sp³-hybridized carbons (Fsp3) is 0.0714. The summed E-state index contributed by atoms with van der Waals surface area (Å²) >= 11 is 12.0. The molecule has 0 atom stereocenters. The Bertz CT molecular complexity index is 641. The number of aromatic hydroxyl groups is 1. The normalized spacial score (nSPS) is 10.3. The Kier molecular flexibility index (Phi) is 3.98. The first-order valence-electron chi connectivity index (χ1n) is 5.53. The number of amides is 1. The van der Waals surface area contributed by atoms with Crippen molar-refractivity contribution in [1.82, 2.24) is 0 Å². The van der Waals surface area contributed by atoms with Gasteiger partial charge in [0.2, 0.25) is 0 Å². The zero-order valence-corrected chi connectivity index (χ0v) is 11.6. The van der Waals surface area contributed by atoms with Crippen LogP contribution < -0.4 is 5.32 Å². The quantitative estimate of drug-likeness (QED) is 0.870. The molecule has 5 heteroatoms. The van der Waals surface area contributed by atoms with E-state index in [1.807, 2.05) is 6.92 Å². The molecule has 2 N–H and O–H groups in total. The number of hydrogen-bond acceptors (Lipinski definition) is 2. The molecule has 0 radical (unpaired) electrons. The molecule has 0 unspecified atom stereocenters. The molecule has 0 aliphatic heterocycles. The van der Waals surface area contributed by atoms with Gasteiger partial charge in [-0.25, -0.2) is 0 Å². The van der Waals surface area contributed by atoms with Crippen LogP contribution in [0.5, 0.6) is 5.75 Å². The summed E-state index contributed by atoms with van der Waals surface area (Å²) in [5, 5.41) is 12.9. The average Bonchev–Trinajstić information content (AvgIpc) is 2.36. The minimum atomic E-state index is -0.363. The summed E-state index contributed by atoms with van der Waals surface area (Å²) in [6.07, 6.45) is 0. The number of phenols is 1. The number of hydrogen-bond donors (Lipinski definition) is 2. The lowest BCUT2D eigenvalue weighted by Crippen LogP contribution is -2.12. The van der Waals surface area contributed by atoms with Gasteiger partial charge in [-0.05, 0) is 42.8 Å². The van der Waals surface area contributed by atoms with E-state index in [0.29, 0.717) is 21.3 Å². The van der Waals surface area contributed by atoms with Crippen LogP contribution in [-0.2, 0) is 0 Å². The Morgan fingerprint density at radius 1 is 1.16 bits per heavy atom. The van der Waals surface area contributed by atoms with Gasteiger partial charge in [0.1, 0.15) is 5.75 Å². The molecular formula is C14H11Cl2NO2. The second-order valence-electron chi connectivity index (χ2n) is 4.09. The molecule has 2 aromatic carbocycles. The Balaban J connectivity index is 2.27. The van der Waals surface area contributed by atoms with Gasteiger partial charge in [0.05, 0.1) is 10.7 Å². The first kappa shape index (κ1) is 13.7. The van der Waals surface area contributed by atoms with E-state index in [2.05, 4.69) is 5.32 Å². The number of nitrogens with one attached hydrogen (secondary N) is 1. The van der Waals surface area contributed by atoms with Gasteiger partial charge in [-0.1, -0.05) is 29.3 Å². The third-order valence-electron chi connectivity index (χ3n) is 2.60. The van der Waals surface area contributed by atoms with Crippen molar-refractivity contribution in [2.75, 3.05) is 5.32 Å². The second-order valence-corrected chi connectivity index (χ2v) is 4.90. The lowest BCUT2D eigenvalue weighted by atomic mass is 10.2. The van der Waals surface area contributed by atoms with Crippen LogP contribution in [0.15, 0.2) is 36.4 Å². The van der Waals surface area contributed by atoms with E-state index in [1.165, 1.54) is 12.1 Å². The van der Waals surface area contributed by atoms with Crippen LogP contribution in [0.2, 0.25) is 10.0 Å². The van der Waals surface area contributed by atoms with E-state index in [9.17, 15) is 9.90 Å². The zero-order chi connectivity index (χ0) is 14.0. The van der Waals surface area contributed by atoms with E-state index >= 15 is 0 Å². The molecule has 2 aromatic rings. The molecule has 0 heterocycles. The molecule has 0 saturated carbocycles. The summed E-state index contributed by atoms with van der Waals surface area (Å²) in [7, 11) is 0. The molecule has 0 aliphatic carbocycles. The first-order chi connectivity index (χ1) is 8.97. The highest BCUT2D eigenvalue weighted by molar-refractivity contribution is 6.36. The van der Waals surface area contributed by atoms with Gasteiger partial charge in [0.25, 0.3) is 5.91 Å². The van der Waals surface area contributed by atoms with E-state index in [0.717, 1.165) is 5.56 Å². The fourth-order valence-corrected chi connectivity index (χ4v) is 2.01. The van der Waals surface area contributed by atoms with Gasteiger partial charge < -0.3 is 10.4 Å². The topological polar surface area (TPSA) is 49.3 Å². The van der Waals surface area contributed by atoms with Crippen LogP contribution >= 0.6 is 23.2 Å². The molecule has 0 spiro atoms. The molecule has 0 aliphatic rings. The number of benzene rings is 2. The van der Waals surface area contributed by atoms with Crippen molar-refractivity contribution in [3.63, 3.8) is 0 Å². The van der Waals surface area contributed by atoms with Crippen LogP contribution in [0.3, 0.4) is 0 Å². The van der Waals surface area contributed by atoms with Crippen molar-refractivity contribution in [2.45, 2.75) is 6.92 Å². The van der Waals surface area contributed by atoms with Crippen LogP contribution in [-0.4, -0.2) is 11.0 Å². The van der Waals surface area contributed by atoms with E-state index in [1.54, 1.807) is 24.3 Å². The van der Waals surface area contributed by atoms with Crippen LogP contribution in [0.4, 0.5) is 5.69 Å². The average molecular weight is 296 g/mol.